The van der Waals surface area contributed by atoms with E-state index in [0.29, 0.717) is 0 Å². The highest BCUT2D eigenvalue weighted by molar-refractivity contribution is 7.51. The second-order valence-corrected chi connectivity index (χ2v) is 6.17. The number of nitrogens with zero attached hydrogens (tertiary/aromatic N) is 3. The van der Waals surface area contributed by atoms with Crippen LogP contribution in [0, 0.1) is 0 Å². The van der Waals surface area contributed by atoms with Crippen LogP contribution in [-0.4, -0.2) is 48.4 Å². The highest BCUT2D eigenvalue weighted by Gasteiger charge is 2.20. The van der Waals surface area contributed by atoms with Crippen LogP contribution in [0.1, 0.15) is 6.42 Å². The van der Waals surface area contributed by atoms with Crippen molar-refractivity contribution in [2.75, 3.05) is 18.8 Å². The molecule has 0 saturated heterocycles. The third-order valence-corrected chi connectivity index (χ3v) is 3.29. The summed E-state index contributed by atoms with van der Waals surface area (Å²) in [5, 5.41) is 0. The van der Waals surface area contributed by atoms with Gasteiger partial charge >= 0.3 is 7.60 Å². The molecule has 0 radical (unpaired) electrons. The largest absolute Gasteiger partial charge is 0.369 e. The van der Waals surface area contributed by atoms with Gasteiger partial charge in [-0.2, -0.15) is 4.98 Å². The Balaban J connectivity index is 2.23. The first-order valence-electron chi connectivity index (χ1n) is 6.23. The average Bonchev–Trinajstić information content (AvgIpc) is 2.79. The lowest BCUT2D eigenvalue weighted by Gasteiger charge is -2.17. The van der Waals surface area contributed by atoms with Crippen molar-refractivity contribution in [3.63, 3.8) is 0 Å². The molecule has 22 heavy (non-hydrogen) atoms. The fraction of sp³-hybridized carbons (Fsp3) is 0.500. The van der Waals surface area contributed by atoms with E-state index in [9.17, 15) is 13.8 Å². The zero-order valence-corrected chi connectivity index (χ0v) is 12.2. The predicted molar refractivity (Wildman–Crippen MR) is 74.9 cm³/mol. The fourth-order valence-corrected chi connectivity index (χ4v) is 2.28. The van der Waals surface area contributed by atoms with E-state index in [1.54, 1.807) is 0 Å². The Labute approximate surface area is 123 Å². The molecular weight excluding hydrogens is 320 g/mol. The number of hydrogen-bond acceptors (Lipinski definition) is 6. The minimum atomic E-state index is -4.36. The molecule has 2 aromatic rings. The lowest BCUT2D eigenvalue weighted by Crippen LogP contribution is -2.22. The highest BCUT2D eigenvalue weighted by Crippen LogP contribution is 2.34. The van der Waals surface area contributed by atoms with Crippen LogP contribution in [0.2, 0.25) is 0 Å². The lowest BCUT2D eigenvalue weighted by atomic mass is 10.2. The molecule has 2 heterocycles. The van der Waals surface area contributed by atoms with Crippen molar-refractivity contribution in [1.29, 1.82) is 0 Å². The number of aromatic amines is 1. The molecule has 0 saturated carbocycles. The normalized spacial score (nSPS) is 13.6. The number of fused-ring (bicyclic) bond motifs is 1. The second-order valence-electron chi connectivity index (χ2n) is 4.58. The molecule has 10 nitrogen and oxygen atoms in total. The van der Waals surface area contributed by atoms with Gasteiger partial charge in [0.25, 0.3) is 5.56 Å². The Morgan fingerprint density at radius 3 is 2.91 bits per heavy atom. The van der Waals surface area contributed by atoms with Crippen molar-refractivity contribution >= 4 is 24.7 Å². The van der Waals surface area contributed by atoms with Crippen LogP contribution in [0.15, 0.2) is 11.1 Å². The minimum Gasteiger partial charge on any atom is -0.369 e. The zero-order chi connectivity index (χ0) is 16.3. The van der Waals surface area contributed by atoms with Gasteiger partial charge in [-0.3, -0.25) is 18.7 Å². The molecule has 0 unspecified atom stereocenters. The molecule has 12 heteroatoms. The number of hydrogen-bond donors (Lipinski definition) is 4. The maximum Gasteiger partial charge on any atom is 0.350 e. The molecular formula is C10H15FN5O5P. The number of nitrogens with two attached hydrogens (primary N) is 1. The quantitative estimate of drug-likeness (QED) is 0.497. The fourth-order valence-electron chi connectivity index (χ4n) is 1.88. The Hall–Kier alpha value is -1.81. The van der Waals surface area contributed by atoms with Gasteiger partial charge in [-0.15, -0.1) is 0 Å². The van der Waals surface area contributed by atoms with Gasteiger partial charge in [-0.05, 0) is 0 Å². The van der Waals surface area contributed by atoms with Crippen molar-refractivity contribution in [3.05, 3.63) is 16.7 Å². The van der Waals surface area contributed by atoms with Crippen LogP contribution in [0.5, 0.6) is 0 Å². The third-order valence-electron chi connectivity index (χ3n) is 2.80. The van der Waals surface area contributed by atoms with Gasteiger partial charge in [0.1, 0.15) is 6.35 Å². The van der Waals surface area contributed by atoms with E-state index in [4.69, 9.17) is 20.3 Å². The van der Waals surface area contributed by atoms with E-state index < -0.39 is 32.3 Å². The minimum absolute atomic E-state index is 0.0241. The molecule has 0 aliphatic heterocycles. The molecule has 0 bridgehead atoms. The summed E-state index contributed by atoms with van der Waals surface area (Å²) >= 11 is 0. The molecule has 0 aliphatic carbocycles. The van der Waals surface area contributed by atoms with Crippen LogP contribution < -0.4 is 11.3 Å². The van der Waals surface area contributed by atoms with Crippen molar-refractivity contribution in [2.24, 2.45) is 0 Å². The first-order valence-corrected chi connectivity index (χ1v) is 8.02. The van der Waals surface area contributed by atoms with Gasteiger partial charge in [0, 0.05) is 6.42 Å². The predicted octanol–water partition coefficient (Wildman–Crippen LogP) is -0.418. The lowest BCUT2D eigenvalue weighted by molar-refractivity contribution is 0.0519. The SMILES string of the molecule is Nc1nc2c(ncn2C[C@H](CCF)OCP(=O)(O)O)c(=O)[nH]1. The van der Waals surface area contributed by atoms with Crippen molar-refractivity contribution in [3.8, 4) is 0 Å². The van der Waals surface area contributed by atoms with Crippen LogP contribution in [-0.2, 0) is 15.8 Å². The number of imidazole rings is 1. The first kappa shape index (κ1) is 16.6. The van der Waals surface area contributed by atoms with Gasteiger partial charge in [0.15, 0.2) is 11.2 Å². The summed E-state index contributed by atoms with van der Waals surface area (Å²) in [5.41, 5.74) is 5.19. The number of alkyl halides is 1. The summed E-state index contributed by atoms with van der Waals surface area (Å²) in [4.78, 5) is 39.4. The molecule has 0 amide bonds. The first-order chi connectivity index (χ1) is 10.3. The maximum absolute atomic E-state index is 12.5. The second kappa shape index (κ2) is 6.53. The molecule has 0 spiro atoms. The van der Waals surface area contributed by atoms with Gasteiger partial charge < -0.3 is 24.8 Å². The number of aromatic nitrogens is 4. The highest BCUT2D eigenvalue weighted by atomic mass is 31.2. The summed E-state index contributed by atoms with van der Waals surface area (Å²) in [6, 6.07) is 0. The molecule has 0 aliphatic rings. The Morgan fingerprint density at radius 2 is 2.27 bits per heavy atom. The van der Waals surface area contributed by atoms with E-state index in [0.717, 1.165) is 0 Å². The van der Waals surface area contributed by atoms with Crippen molar-refractivity contribution < 1.29 is 23.5 Å². The van der Waals surface area contributed by atoms with Crippen LogP contribution >= 0.6 is 7.60 Å². The summed E-state index contributed by atoms with van der Waals surface area (Å²) < 4.78 is 29.8. The van der Waals surface area contributed by atoms with Gasteiger partial charge in [-0.1, -0.05) is 0 Å². The molecule has 1 atom stereocenters. The van der Waals surface area contributed by atoms with E-state index in [2.05, 4.69) is 15.0 Å². The van der Waals surface area contributed by atoms with Crippen LogP contribution in [0.4, 0.5) is 10.3 Å². The number of ether oxygens (including phenoxy) is 1. The molecule has 5 N–H and O–H groups in total. The molecule has 0 aromatic carbocycles. The van der Waals surface area contributed by atoms with E-state index in [-0.39, 0.29) is 30.1 Å². The Bertz CT molecular complexity index is 756. The number of nitrogen functional groups attached to an aromatic ring is 1. The summed E-state index contributed by atoms with van der Waals surface area (Å²) in [7, 11) is -4.36. The Kier molecular flexibility index (Phi) is 4.91. The number of nitrogens with one attached hydrogen (secondary N) is 1. The number of anilines is 1. The molecule has 122 valence electrons. The summed E-state index contributed by atoms with van der Waals surface area (Å²) in [5.74, 6) is -0.0996. The van der Waals surface area contributed by atoms with Crippen LogP contribution in [0.25, 0.3) is 11.2 Å². The molecule has 2 aromatic heterocycles. The topological polar surface area (TPSA) is 156 Å². The molecule has 0 fully saturated rings. The van der Waals surface area contributed by atoms with E-state index in [1.165, 1.54) is 10.9 Å². The van der Waals surface area contributed by atoms with E-state index >= 15 is 0 Å². The number of H-pyrrole nitrogens is 1. The Morgan fingerprint density at radius 1 is 1.55 bits per heavy atom. The summed E-state index contributed by atoms with van der Waals surface area (Å²) in [6.45, 7) is -0.703. The monoisotopic (exact) mass is 335 g/mol. The van der Waals surface area contributed by atoms with E-state index in [1.807, 2.05) is 0 Å². The number of halogens is 1. The van der Waals surface area contributed by atoms with Gasteiger partial charge in [0.2, 0.25) is 5.95 Å². The zero-order valence-electron chi connectivity index (χ0n) is 11.3. The van der Waals surface area contributed by atoms with Crippen LogP contribution in [0.3, 0.4) is 0 Å². The molecule has 2 rings (SSSR count). The maximum atomic E-state index is 12.5. The van der Waals surface area contributed by atoms with Crippen molar-refractivity contribution in [1.82, 2.24) is 19.5 Å². The third kappa shape index (κ3) is 4.10. The summed E-state index contributed by atoms with van der Waals surface area (Å²) in [6.07, 6.45) is -0.394. The standard InChI is InChI=1S/C10H15FN5O5P/c11-2-1-6(21-5-22(18,19)20)3-16-4-13-7-8(16)14-10(12)15-9(7)17/h4,6H,1-3,5H2,(H2,18,19,20)(H3,12,14,15,17)/t6-/m0/s1. The van der Waals surface area contributed by atoms with Gasteiger partial charge in [0.05, 0.1) is 25.7 Å². The van der Waals surface area contributed by atoms with Gasteiger partial charge in [-0.25, -0.2) is 4.98 Å². The van der Waals surface area contributed by atoms with Crippen molar-refractivity contribution in [2.45, 2.75) is 19.1 Å². The number of rotatable bonds is 7. The smallest absolute Gasteiger partial charge is 0.350 e. The average molecular weight is 335 g/mol.